The third kappa shape index (κ3) is 2.64. The quantitative estimate of drug-likeness (QED) is 0.932. The Morgan fingerprint density at radius 3 is 2.60 bits per heavy atom. The molecule has 0 aliphatic rings. The molecule has 1 unspecified atom stereocenters. The van der Waals surface area contributed by atoms with Gasteiger partial charge in [0, 0.05) is 11.6 Å². The van der Waals surface area contributed by atoms with E-state index < -0.39 is 6.10 Å². The third-order valence-electron chi connectivity index (χ3n) is 3.04. The number of benzene rings is 1. The summed E-state index contributed by atoms with van der Waals surface area (Å²) in [6, 6.07) is 5.24. The molecule has 1 heterocycles. The van der Waals surface area contributed by atoms with Crippen molar-refractivity contribution in [1.29, 1.82) is 0 Å². The molecule has 0 fully saturated rings. The number of rotatable bonds is 4. The summed E-state index contributed by atoms with van der Waals surface area (Å²) in [6.07, 6.45) is 0.623. The molecule has 1 aromatic carbocycles. The number of ether oxygens (including phenoxy) is 1. The van der Waals surface area contributed by atoms with E-state index in [1.54, 1.807) is 29.1 Å². The lowest BCUT2D eigenvalue weighted by Gasteiger charge is -2.18. The summed E-state index contributed by atoms with van der Waals surface area (Å²) in [5.74, 6) is 0.516. The third-order valence-corrected chi connectivity index (χ3v) is 3.88. The number of hydrogen-bond donors (Lipinski definition) is 1. The Balaban J connectivity index is 2.55. The predicted molar refractivity (Wildman–Crippen MR) is 79.7 cm³/mol. The van der Waals surface area contributed by atoms with Crippen LogP contribution in [-0.4, -0.2) is 22.0 Å². The molecule has 0 aliphatic carbocycles. The summed E-state index contributed by atoms with van der Waals surface area (Å²) >= 11 is 12.2. The van der Waals surface area contributed by atoms with Crippen LogP contribution in [0.15, 0.2) is 24.4 Å². The van der Waals surface area contributed by atoms with Crippen LogP contribution in [0.2, 0.25) is 10.0 Å². The number of nitrogens with zero attached hydrogens (tertiary/aromatic N) is 2. The van der Waals surface area contributed by atoms with Crippen molar-refractivity contribution in [2.24, 2.45) is 0 Å². The van der Waals surface area contributed by atoms with Crippen LogP contribution >= 0.6 is 23.2 Å². The SMILES string of the molecule is COc1cnn(C(C)C)c1C(O)c1cccc(Cl)c1Cl. The monoisotopic (exact) mass is 314 g/mol. The molecule has 20 heavy (non-hydrogen) atoms. The molecule has 2 rings (SSSR count). The van der Waals surface area contributed by atoms with Crippen LogP contribution in [0.1, 0.15) is 37.3 Å². The fourth-order valence-electron chi connectivity index (χ4n) is 2.06. The first-order chi connectivity index (χ1) is 9.47. The van der Waals surface area contributed by atoms with E-state index in [2.05, 4.69) is 5.10 Å². The normalized spacial score (nSPS) is 12.8. The second-order valence-corrected chi connectivity index (χ2v) is 5.47. The van der Waals surface area contributed by atoms with Gasteiger partial charge in [0.05, 0.1) is 23.4 Å². The lowest BCUT2D eigenvalue weighted by molar-refractivity contribution is 0.199. The molecule has 0 aliphatic heterocycles. The second kappa shape index (κ2) is 6.04. The van der Waals surface area contributed by atoms with E-state index in [1.165, 1.54) is 7.11 Å². The Labute approximate surface area is 127 Å². The summed E-state index contributed by atoms with van der Waals surface area (Å²) in [5.41, 5.74) is 1.09. The van der Waals surface area contributed by atoms with Crippen LogP contribution in [0, 0.1) is 0 Å². The topological polar surface area (TPSA) is 47.3 Å². The second-order valence-electron chi connectivity index (χ2n) is 4.68. The highest BCUT2D eigenvalue weighted by molar-refractivity contribution is 6.42. The summed E-state index contributed by atoms with van der Waals surface area (Å²) in [7, 11) is 1.54. The lowest BCUT2D eigenvalue weighted by Crippen LogP contribution is -2.13. The predicted octanol–water partition coefficient (Wildman–Crippen LogP) is 3.86. The Kier molecular flexibility index (Phi) is 4.58. The van der Waals surface area contributed by atoms with Crippen molar-refractivity contribution in [2.45, 2.75) is 26.0 Å². The van der Waals surface area contributed by atoms with Gasteiger partial charge in [-0.05, 0) is 19.9 Å². The van der Waals surface area contributed by atoms with E-state index in [0.717, 1.165) is 0 Å². The van der Waals surface area contributed by atoms with E-state index >= 15 is 0 Å². The summed E-state index contributed by atoms with van der Waals surface area (Å²) in [5, 5.41) is 15.6. The van der Waals surface area contributed by atoms with Crippen molar-refractivity contribution in [3.8, 4) is 5.75 Å². The van der Waals surface area contributed by atoms with Crippen LogP contribution in [0.3, 0.4) is 0 Å². The van der Waals surface area contributed by atoms with Crippen molar-refractivity contribution in [2.75, 3.05) is 7.11 Å². The van der Waals surface area contributed by atoms with E-state index in [-0.39, 0.29) is 6.04 Å². The molecule has 1 atom stereocenters. The number of hydrogen-bond acceptors (Lipinski definition) is 3. The Bertz CT molecular complexity index is 611. The van der Waals surface area contributed by atoms with Gasteiger partial charge < -0.3 is 9.84 Å². The molecular weight excluding hydrogens is 299 g/mol. The number of aliphatic hydroxyl groups excluding tert-OH is 1. The average molecular weight is 315 g/mol. The van der Waals surface area contributed by atoms with Crippen molar-refractivity contribution in [3.05, 3.63) is 45.7 Å². The Morgan fingerprint density at radius 2 is 2.00 bits per heavy atom. The molecule has 0 saturated heterocycles. The van der Waals surface area contributed by atoms with Gasteiger partial charge >= 0.3 is 0 Å². The minimum Gasteiger partial charge on any atom is -0.493 e. The zero-order chi connectivity index (χ0) is 14.9. The van der Waals surface area contributed by atoms with Gasteiger partial charge in [-0.2, -0.15) is 5.10 Å². The molecule has 0 amide bonds. The van der Waals surface area contributed by atoms with E-state index in [1.807, 2.05) is 13.8 Å². The molecule has 0 saturated carbocycles. The number of aromatic nitrogens is 2. The molecule has 1 N–H and O–H groups in total. The highest BCUT2D eigenvalue weighted by Gasteiger charge is 2.25. The van der Waals surface area contributed by atoms with Gasteiger partial charge in [0.25, 0.3) is 0 Å². The minimum absolute atomic E-state index is 0.0847. The Morgan fingerprint density at radius 1 is 1.30 bits per heavy atom. The van der Waals surface area contributed by atoms with Crippen LogP contribution in [0.5, 0.6) is 5.75 Å². The van der Waals surface area contributed by atoms with Gasteiger partial charge in [-0.25, -0.2) is 0 Å². The van der Waals surface area contributed by atoms with E-state index in [0.29, 0.717) is 27.1 Å². The maximum absolute atomic E-state index is 10.6. The summed E-state index contributed by atoms with van der Waals surface area (Å²) < 4.78 is 6.98. The van der Waals surface area contributed by atoms with Crippen molar-refractivity contribution in [1.82, 2.24) is 9.78 Å². The Hall–Kier alpha value is -1.23. The molecular formula is C14H16Cl2N2O2. The summed E-state index contributed by atoms with van der Waals surface area (Å²) in [4.78, 5) is 0. The van der Waals surface area contributed by atoms with Crippen molar-refractivity contribution in [3.63, 3.8) is 0 Å². The zero-order valence-corrected chi connectivity index (χ0v) is 13.0. The lowest BCUT2D eigenvalue weighted by atomic mass is 10.1. The molecule has 0 radical (unpaired) electrons. The van der Waals surface area contributed by atoms with Crippen molar-refractivity contribution >= 4 is 23.2 Å². The molecule has 108 valence electrons. The van der Waals surface area contributed by atoms with E-state index in [4.69, 9.17) is 27.9 Å². The number of methoxy groups -OCH3 is 1. The van der Waals surface area contributed by atoms with Crippen LogP contribution in [-0.2, 0) is 0 Å². The zero-order valence-electron chi connectivity index (χ0n) is 11.5. The van der Waals surface area contributed by atoms with Gasteiger partial charge in [0.15, 0.2) is 5.75 Å². The van der Waals surface area contributed by atoms with Gasteiger partial charge in [0.2, 0.25) is 0 Å². The highest BCUT2D eigenvalue weighted by atomic mass is 35.5. The maximum Gasteiger partial charge on any atom is 0.163 e. The fourth-order valence-corrected chi connectivity index (χ4v) is 2.47. The first-order valence-electron chi connectivity index (χ1n) is 6.20. The molecule has 0 bridgehead atoms. The summed E-state index contributed by atoms with van der Waals surface area (Å²) in [6.45, 7) is 3.95. The average Bonchev–Trinajstić information content (AvgIpc) is 2.85. The smallest absolute Gasteiger partial charge is 0.163 e. The number of halogens is 2. The minimum atomic E-state index is -0.957. The van der Waals surface area contributed by atoms with Gasteiger partial charge in [-0.3, -0.25) is 4.68 Å². The fraction of sp³-hybridized carbons (Fsp3) is 0.357. The first-order valence-corrected chi connectivity index (χ1v) is 6.96. The molecule has 0 spiro atoms. The van der Waals surface area contributed by atoms with E-state index in [9.17, 15) is 5.11 Å². The molecule has 1 aromatic heterocycles. The molecule has 2 aromatic rings. The molecule has 6 heteroatoms. The van der Waals surface area contributed by atoms with Crippen LogP contribution < -0.4 is 4.74 Å². The van der Waals surface area contributed by atoms with Crippen molar-refractivity contribution < 1.29 is 9.84 Å². The van der Waals surface area contributed by atoms with Gasteiger partial charge in [-0.15, -0.1) is 0 Å². The first kappa shape index (κ1) is 15.2. The van der Waals surface area contributed by atoms with Gasteiger partial charge in [0.1, 0.15) is 11.8 Å². The van der Waals surface area contributed by atoms with Gasteiger partial charge in [-0.1, -0.05) is 35.3 Å². The maximum atomic E-state index is 10.6. The standard InChI is InChI=1S/C14H16Cl2N2O2/c1-8(2)18-13(11(20-3)7-17-18)14(19)9-5-4-6-10(15)12(9)16/h4-8,14,19H,1-3H3. The largest absolute Gasteiger partial charge is 0.493 e. The van der Waals surface area contributed by atoms with Crippen LogP contribution in [0.4, 0.5) is 0 Å². The number of aliphatic hydroxyl groups is 1. The highest BCUT2D eigenvalue weighted by Crippen LogP contribution is 2.37. The molecule has 4 nitrogen and oxygen atoms in total. The van der Waals surface area contributed by atoms with Crippen LogP contribution in [0.25, 0.3) is 0 Å².